The summed E-state index contributed by atoms with van der Waals surface area (Å²) < 4.78 is 11.3. The maximum absolute atomic E-state index is 12.4. The number of rotatable bonds is 9. The van der Waals surface area contributed by atoms with Crippen LogP contribution < -0.4 is 10.6 Å². The van der Waals surface area contributed by atoms with Crippen molar-refractivity contribution in [3.05, 3.63) is 97.1 Å². The van der Waals surface area contributed by atoms with Crippen LogP contribution in [0.2, 0.25) is 0 Å². The molecule has 4 aromatic carbocycles. The van der Waals surface area contributed by atoms with Crippen molar-refractivity contribution in [1.82, 2.24) is 9.97 Å². The Kier molecular flexibility index (Phi) is 7.51. The van der Waals surface area contributed by atoms with E-state index in [1.807, 2.05) is 97.1 Å². The molecule has 2 amide bonds. The number of hydrogen-bond acceptors (Lipinski definition) is 8. The molecule has 0 aliphatic heterocycles. The van der Waals surface area contributed by atoms with Gasteiger partial charge in [-0.15, -0.1) is 0 Å². The SMILES string of the molecule is O=C(CSc1nc2ccccc2o1)Nc1ccc(-c2ccc(NC(=O)CSc3nc4ccccc4o3)cc2)cc1. The standard InChI is InChI=1S/C30H22N4O4S2/c35-27(17-39-29-33-23-5-1-3-7-25(23)37-29)31-21-13-9-19(10-14-21)20-11-15-22(16-12-20)32-28(36)18-40-30-34-24-6-2-4-8-26(24)38-30/h1-16H,17-18H2,(H,31,35)(H,32,36). The second kappa shape index (κ2) is 11.7. The van der Waals surface area contributed by atoms with Crippen LogP contribution in [0, 0.1) is 0 Å². The lowest BCUT2D eigenvalue weighted by molar-refractivity contribution is -0.114. The molecule has 0 unspecified atom stereocenters. The number of benzene rings is 4. The fourth-order valence-electron chi connectivity index (χ4n) is 3.97. The van der Waals surface area contributed by atoms with Crippen LogP contribution in [-0.4, -0.2) is 33.3 Å². The first kappa shape index (κ1) is 25.7. The Balaban J connectivity index is 0.982. The number of aromatic nitrogens is 2. The molecule has 2 N–H and O–H groups in total. The molecule has 2 aromatic heterocycles. The van der Waals surface area contributed by atoms with Crippen LogP contribution in [0.5, 0.6) is 0 Å². The Labute approximate surface area is 237 Å². The van der Waals surface area contributed by atoms with Crippen molar-refractivity contribution in [3.63, 3.8) is 0 Å². The van der Waals surface area contributed by atoms with Gasteiger partial charge in [-0.1, -0.05) is 72.1 Å². The predicted molar refractivity (Wildman–Crippen MR) is 159 cm³/mol. The number of thioether (sulfide) groups is 2. The molecule has 0 fully saturated rings. The van der Waals surface area contributed by atoms with Crippen molar-refractivity contribution < 1.29 is 18.4 Å². The number of carbonyl (C=O) groups is 2. The molecule has 6 rings (SSSR count). The summed E-state index contributed by atoms with van der Waals surface area (Å²) in [6.07, 6.45) is 0. The zero-order valence-corrected chi connectivity index (χ0v) is 22.6. The minimum Gasteiger partial charge on any atom is -0.431 e. The van der Waals surface area contributed by atoms with Gasteiger partial charge in [0.05, 0.1) is 11.5 Å². The number of fused-ring (bicyclic) bond motifs is 2. The number of anilines is 2. The number of carbonyl (C=O) groups excluding carboxylic acids is 2. The molecule has 0 spiro atoms. The summed E-state index contributed by atoms with van der Waals surface area (Å²) in [5.74, 6) is 0.0909. The van der Waals surface area contributed by atoms with Crippen molar-refractivity contribution in [3.8, 4) is 11.1 Å². The molecular weight excluding hydrogens is 544 g/mol. The van der Waals surface area contributed by atoms with E-state index in [0.717, 1.165) is 22.2 Å². The first-order valence-corrected chi connectivity index (χ1v) is 14.3. The molecule has 8 nitrogen and oxygen atoms in total. The average Bonchev–Trinajstić information content (AvgIpc) is 3.59. The van der Waals surface area contributed by atoms with Gasteiger partial charge in [-0.2, -0.15) is 0 Å². The van der Waals surface area contributed by atoms with Crippen molar-refractivity contribution in [1.29, 1.82) is 0 Å². The molecule has 0 aliphatic rings. The Hall–Kier alpha value is -4.54. The van der Waals surface area contributed by atoms with E-state index >= 15 is 0 Å². The monoisotopic (exact) mass is 566 g/mol. The summed E-state index contributed by atoms with van der Waals surface area (Å²) >= 11 is 2.51. The number of hydrogen-bond donors (Lipinski definition) is 2. The number of amides is 2. The topological polar surface area (TPSA) is 110 Å². The molecule has 0 saturated heterocycles. The summed E-state index contributed by atoms with van der Waals surface area (Å²) in [6, 6.07) is 30.2. The fourth-order valence-corrected chi connectivity index (χ4v) is 5.24. The highest BCUT2D eigenvalue weighted by Gasteiger charge is 2.11. The fraction of sp³-hybridized carbons (Fsp3) is 0.0667. The maximum Gasteiger partial charge on any atom is 0.257 e. The highest BCUT2D eigenvalue weighted by Crippen LogP contribution is 2.26. The van der Waals surface area contributed by atoms with E-state index in [9.17, 15) is 9.59 Å². The molecule has 0 saturated carbocycles. The molecule has 0 atom stereocenters. The van der Waals surface area contributed by atoms with E-state index in [1.54, 1.807) is 0 Å². The van der Waals surface area contributed by atoms with Gasteiger partial charge in [-0.25, -0.2) is 9.97 Å². The normalized spacial score (nSPS) is 11.1. The maximum atomic E-state index is 12.4. The van der Waals surface area contributed by atoms with E-state index in [-0.39, 0.29) is 23.3 Å². The largest absolute Gasteiger partial charge is 0.431 e. The Morgan fingerprint density at radius 2 is 0.975 bits per heavy atom. The van der Waals surface area contributed by atoms with Gasteiger partial charge < -0.3 is 19.5 Å². The van der Waals surface area contributed by atoms with E-state index < -0.39 is 0 Å². The van der Waals surface area contributed by atoms with E-state index in [4.69, 9.17) is 8.83 Å². The molecule has 2 heterocycles. The molecule has 0 aliphatic carbocycles. The molecule has 198 valence electrons. The Morgan fingerprint density at radius 1 is 0.575 bits per heavy atom. The quantitative estimate of drug-likeness (QED) is 0.178. The number of para-hydroxylation sites is 4. The summed E-state index contributed by atoms with van der Waals surface area (Å²) in [7, 11) is 0. The number of nitrogens with one attached hydrogen (secondary N) is 2. The zero-order chi connectivity index (χ0) is 27.3. The smallest absolute Gasteiger partial charge is 0.257 e. The van der Waals surface area contributed by atoms with Crippen molar-refractivity contribution in [2.45, 2.75) is 10.4 Å². The minimum absolute atomic E-state index is 0.144. The summed E-state index contributed by atoms with van der Waals surface area (Å²) in [6.45, 7) is 0. The third-order valence-corrected chi connectivity index (χ3v) is 7.53. The van der Waals surface area contributed by atoms with Gasteiger partial charge in [0.25, 0.3) is 10.4 Å². The van der Waals surface area contributed by atoms with E-state index in [2.05, 4.69) is 20.6 Å². The van der Waals surface area contributed by atoms with Gasteiger partial charge in [0.2, 0.25) is 11.8 Å². The van der Waals surface area contributed by atoms with Gasteiger partial charge >= 0.3 is 0 Å². The first-order valence-electron chi connectivity index (χ1n) is 12.4. The third kappa shape index (κ3) is 6.19. The van der Waals surface area contributed by atoms with E-state index in [1.165, 1.54) is 23.5 Å². The van der Waals surface area contributed by atoms with Crippen LogP contribution in [0.15, 0.2) is 116 Å². The molecule has 0 bridgehead atoms. The second-order valence-corrected chi connectivity index (χ2v) is 10.6. The number of oxazole rings is 2. The second-order valence-electron chi connectivity index (χ2n) is 8.72. The lowest BCUT2D eigenvalue weighted by Crippen LogP contribution is -2.14. The highest BCUT2D eigenvalue weighted by atomic mass is 32.2. The van der Waals surface area contributed by atoms with Gasteiger partial charge in [0, 0.05) is 11.4 Å². The molecular formula is C30H22N4O4S2. The molecule has 6 aromatic rings. The van der Waals surface area contributed by atoms with Crippen molar-refractivity contribution in [2.24, 2.45) is 0 Å². The van der Waals surface area contributed by atoms with Gasteiger partial charge in [-0.3, -0.25) is 9.59 Å². The molecule has 0 radical (unpaired) electrons. The van der Waals surface area contributed by atoms with Crippen LogP contribution in [0.25, 0.3) is 33.3 Å². The lowest BCUT2D eigenvalue weighted by atomic mass is 10.0. The van der Waals surface area contributed by atoms with E-state index in [0.29, 0.717) is 33.0 Å². The van der Waals surface area contributed by atoms with Gasteiger partial charge in [-0.05, 0) is 59.7 Å². The Morgan fingerprint density at radius 3 is 1.38 bits per heavy atom. The summed E-state index contributed by atoms with van der Waals surface area (Å²) in [5.41, 5.74) is 6.32. The van der Waals surface area contributed by atoms with Crippen molar-refractivity contribution in [2.75, 3.05) is 22.1 Å². The average molecular weight is 567 g/mol. The molecule has 10 heteroatoms. The lowest BCUT2D eigenvalue weighted by Gasteiger charge is -2.08. The third-order valence-electron chi connectivity index (χ3n) is 5.87. The number of nitrogens with zero attached hydrogens (tertiary/aromatic N) is 2. The first-order chi connectivity index (χ1) is 19.6. The summed E-state index contributed by atoms with van der Waals surface area (Å²) in [5, 5.41) is 6.73. The van der Waals surface area contributed by atoms with Crippen LogP contribution in [0.4, 0.5) is 11.4 Å². The van der Waals surface area contributed by atoms with Crippen LogP contribution >= 0.6 is 23.5 Å². The van der Waals surface area contributed by atoms with Gasteiger partial charge in [0.15, 0.2) is 11.2 Å². The van der Waals surface area contributed by atoms with Crippen LogP contribution in [-0.2, 0) is 9.59 Å². The van der Waals surface area contributed by atoms with Crippen LogP contribution in [0.3, 0.4) is 0 Å². The zero-order valence-electron chi connectivity index (χ0n) is 21.0. The van der Waals surface area contributed by atoms with Crippen molar-refractivity contribution >= 4 is 68.9 Å². The minimum atomic E-state index is -0.144. The Bertz CT molecular complexity index is 1600. The highest BCUT2D eigenvalue weighted by molar-refractivity contribution is 8.00. The van der Waals surface area contributed by atoms with Crippen LogP contribution in [0.1, 0.15) is 0 Å². The summed E-state index contributed by atoms with van der Waals surface area (Å²) in [4.78, 5) is 33.6. The van der Waals surface area contributed by atoms with Gasteiger partial charge in [0.1, 0.15) is 11.0 Å². The molecule has 40 heavy (non-hydrogen) atoms. The predicted octanol–water partition coefficient (Wildman–Crippen LogP) is 7.10.